The van der Waals surface area contributed by atoms with Gasteiger partial charge in [-0.15, -0.1) is 0 Å². The molecule has 132 valence electrons. The maximum atomic E-state index is 13.6. The third kappa shape index (κ3) is 4.07. The van der Waals surface area contributed by atoms with E-state index in [1.165, 1.54) is 11.6 Å². The van der Waals surface area contributed by atoms with E-state index in [1.54, 1.807) is 4.90 Å². The Morgan fingerprint density at radius 2 is 1.68 bits per heavy atom. The van der Waals surface area contributed by atoms with E-state index < -0.39 is 11.6 Å². The van der Waals surface area contributed by atoms with Gasteiger partial charge in [0.1, 0.15) is 17.3 Å². The van der Waals surface area contributed by atoms with Crippen LogP contribution in [0.5, 0.6) is 0 Å². The fourth-order valence-corrected chi connectivity index (χ4v) is 2.98. The number of nitrogens with one attached hydrogen (secondary N) is 1. The van der Waals surface area contributed by atoms with Crippen molar-refractivity contribution < 1.29 is 13.6 Å². The number of aryl methyl sites for hydroxylation is 1. The summed E-state index contributed by atoms with van der Waals surface area (Å²) in [5.74, 6) is -1.55. The Hall–Kier alpha value is -2.63. The molecule has 4 nitrogen and oxygen atoms in total. The molecule has 1 saturated heterocycles. The summed E-state index contributed by atoms with van der Waals surface area (Å²) >= 11 is 0. The van der Waals surface area contributed by atoms with Crippen LogP contribution in [0.25, 0.3) is 0 Å². The van der Waals surface area contributed by atoms with Gasteiger partial charge in [-0.2, -0.15) is 0 Å². The molecule has 0 spiro atoms. The van der Waals surface area contributed by atoms with Crippen LogP contribution < -0.4 is 10.2 Å². The number of carbonyl (C=O) groups excluding carboxylic acids is 1. The maximum absolute atomic E-state index is 13.6. The second kappa shape index (κ2) is 7.51. The van der Waals surface area contributed by atoms with Crippen molar-refractivity contribution in [1.82, 2.24) is 4.90 Å². The Labute approximate surface area is 146 Å². The number of anilines is 2. The molecule has 2 aromatic rings. The minimum absolute atomic E-state index is 0.123. The quantitative estimate of drug-likeness (QED) is 0.925. The molecule has 1 heterocycles. The molecule has 0 atom stereocenters. The number of nitrogens with zero attached hydrogens (tertiary/aromatic N) is 2. The molecule has 0 aliphatic carbocycles. The van der Waals surface area contributed by atoms with Crippen LogP contribution in [-0.4, -0.2) is 43.5 Å². The van der Waals surface area contributed by atoms with E-state index in [2.05, 4.69) is 35.3 Å². The van der Waals surface area contributed by atoms with Crippen LogP contribution in [0, 0.1) is 18.6 Å². The molecule has 1 N–H and O–H groups in total. The van der Waals surface area contributed by atoms with Gasteiger partial charge in [0.15, 0.2) is 0 Å². The minimum atomic E-state index is -0.697. The maximum Gasteiger partial charge on any atom is 0.241 e. The first-order chi connectivity index (χ1) is 12.0. The molecular formula is C19H21F2N3O. The van der Waals surface area contributed by atoms with Gasteiger partial charge in [-0.3, -0.25) is 4.79 Å². The number of halogens is 2. The van der Waals surface area contributed by atoms with Gasteiger partial charge in [-0.25, -0.2) is 8.78 Å². The molecule has 0 radical (unpaired) electrons. The normalized spacial score (nSPS) is 14.5. The number of hydrogen-bond donors (Lipinski definition) is 1. The molecular weight excluding hydrogens is 324 g/mol. The minimum Gasteiger partial charge on any atom is -0.371 e. The molecule has 1 fully saturated rings. The van der Waals surface area contributed by atoms with Gasteiger partial charge in [0.05, 0.1) is 6.54 Å². The summed E-state index contributed by atoms with van der Waals surface area (Å²) in [4.78, 5) is 16.2. The smallest absolute Gasteiger partial charge is 0.241 e. The van der Waals surface area contributed by atoms with Crippen molar-refractivity contribution in [2.75, 3.05) is 42.9 Å². The standard InChI is InChI=1S/C19H21F2N3O/c1-14-4-2-5-15(12-14)23-8-10-24(11-9-23)18(25)13-22-19-16(20)6-3-7-17(19)21/h2-7,12,22H,8-11,13H2,1H3. The topological polar surface area (TPSA) is 35.6 Å². The highest BCUT2D eigenvalue weighted by molar-refractivity contribution is 5.81. The summed E-state index contributed by atoms with van der Waals surface area (Å²) < 4.78 is 27.2. The van der Waals surface area contributed by atoms with Gasteiger partial charge in [0.25, 0.3) is 0 Å². The summed E-state index contributed by atoms with van der Waals surface area (Å²) in [5.41, 5.74) is 2.10. The van der Waals surface area contributed by atoms with Crippen LogP contribution in [0.3, 0.4) is 0 Å². The van der Waals surface area contributed by atoms with Gasteiger partial charge in [-0.05, 0) is 36.8 Å². The van der Waals surface area contributed by atoms with Crippen molar-refractivity contribution >= 4 is 17.3 Å². The number of benzene rings is 2. The van der Waals surface area contributed by atoms with E-state index >= 15 is 0 Å². The largest absolute Gasteiger partial charge is 0.371 e. The lowest BCUT2D eigenvalue weighted by Gasteiger charge is -2.36. The molecule has 0 saturated carbocycles. The van der Waals surface area contributed by atoms with Gasteiger partial charge in [-0.1, -0.05) is 18.2 Å². The summed E-state index contributed by atoms with van der Waals surface area (Å²) in [6.45, 7) is 4.59. The summed E-state index contributed by atoms with van der Waals surface area (Å²) in [7, 11) is 0. The van der Waals surface area contributed by atoms with Gasteiger partial charge < -0.3 is 15.1 Å². The van der Waals surface area contributed by atoms with E-state index in [4.69, 9.17) is 0 Å². The number of hydrogen-bond acceptors (Lipinski definition) is 3. The molecule has 0 aromatic heterocycles. The molecule has 0 bridgehead atoms. The van der Waals surface area contributed by atoms with Crippen molar-refractivity contribution in [2.45, 2.75) is 6.92 Å². The van der Waals surface area contributed by atoms with Crippen molar-refractivity contribution in [2.24, 2.45) is 0 Å². The van der Waals surface area contributed by atoms with Crippen molar-refractivity contribution in [3.63, 3.8) is 0 Å². The van der Waals surface area contributed by atoms with Crippen LogP contribution in [0.15, 0.2) is 42.5 Å². The monoisotopic (exact) mass is 345 g/mol. The lowest BCUT2D eigenvalue weighted by molar-refractivity contribution is -0.129. The third-order valence-electron chi connectivity index (χ3n) is 4.38. The van der Waals surface area contributed by atoms with E-state index in [0.29, 0.717) is 13.1 Å². The predicted octanol–water partition coefficient (Wildman–Crippen LogP) is 3.03. The van der Waals surface area contributed by atoms with E-state index in [0.717, 1.165) is 30.9 Å². The van der Waals surface area contributed by atoms with Crippen LogP contribution in [0.4, 0.5) is 20.2 Å². The SMILES string of the molecule is Cc1cccc(N2CCN(C(=O)CNc3c(F)cccc3F)CC2)c1. The van der Waals surface area contributed by atoms with E-state index in [9.17, 15) is 13.6 Å². The highest BCUT2D eigenvalue weighted by Gasteiger charge is 2.21. The first-order valence-electron chi connectivity index (χ1n) is 8.32. The Morgan fingerprint density at radius 1 is 1.04 bits per heavy atom. The molecule has 0 unspecified atom stereocenters. The van der Waals surface area contributed by atoms with E-state index in [1.807, 2.05) is 6.07 Å². The Kier molecular flexibility index (Phi) is 5.16. The number of para-hydroxylation sites is 1. The Bertz CT molecular complexity index is 738. The summed E-state index contributed by atoms with van der Waals surface area (Å²) in [6, 6.07) is 11.9. The lowest BCUT2D eigenvalue weighted by Crippen LogP contribution is -2.50. The van der Waals surface area contributed by atoms with Crippen LogP contribution in [-0.2, 0) is 4.79 Å². The molecule has 2 aromatic carbocycles. The fourth-order valence-electron chi connectivity index (χ4n) is 2.98. The Morgan fingerprint density at radius 3 is 2.32 bits per heavy atom. The molecule has 3 rings (SSSR count). The zero-order chi connectivity index (χ0) is 17.8. The van der Waals surface area contributed by atoms with Crippen LogP contribution in [0.2, 0.25) is 0 Å². The molecule has 1 aliphatic heterocycles. The van der Waals surface area contributed by atoms with Gasteiger partial charge >= 0.3 is 0 Å². The lowest BCUT2D eigenvalue weighted by atomic mass is 10.2. The highest BCUT2D eigenvalue weighted by atomic mass is 19.1. The first kappa shape index (κ1) is 17.2. The van der Waals surface area contributed by atoms with Crippen molar-refractivity contribution in [3.05, 3.63) is 59.7 Å². The number of rotatable bonds is 4. The van der Waals surface area contributed by atoms with Crippen LogP contribution >= 0.6 is 0 Å². The van der Waals surface area contributed by atoms with Crippen molar-refractivity contribution in [1.29, 1.82) is 0 Å². The second-order valence-electron chi connectivity index (χ2n) is 6.16. The van der Waals surface area contributed by atoms with Gasteiger partial charge in [0, 0.05) is 31.9 Å². The fraction of sp³-hybridized carbons (Fsp3) is 0.316. The van der Waals surface area contributed by atoms with Crippen molar-refractivity contribution in [3.8, 4) is 0 Å². The average molecular weight is 345 g/mol. The summed E-state index contributed by atoms with van der Waals surface area (Å²) in [5, 5.41) is 2.57. The molecule has 1 aliphatic rings. The zero-order valence-corrected chi connectivity index (χ0v) is 14.1. The molecule has 25 heavy (non-hydrogen) atoms. The summed E-state index contributed by atoms with van der Waals surface area (Å²) in [6.07, 6.45) is 0. The predicted molar refractivity (Wildman–Crippen MR) is 94.8 cm³/mol. The number of piperazine rings is 1. The van der Waals surface area contributed by atoms with Gasteiger partial charge in [0.2, 0.25) is 5.91 Å². The number of amides is 1. The Balaban J connectivity index is 1.53. The first-order valence-corrected chi connectivity index (χ1v) is 8.32. The second-order valence-corrected chi connectivity index (χ2v) is 6.16. The highest BCUT2D eigenvalue weighted by Crippen LogP contribution is 2.19. The number of carbonyl (C=O) groups is 1. The average Bonchev–Trinajstić information content (AvgIpc) is 2.61. The third-order valence-corrected chi connectivity index (χ3v) is 4.38. The zero-order valence-electron chi connectivity index (χ0n) is 14.1. The molecule has 6 heteroatoms. The molecule has 1 amide bonds. The van der Waals surface area contributed by atoms with E-state index in [-0.39, 0.29) is 18.1 Å². The van der Waals surface area contributed by atoms with Crippen LogP contribution in [0.1, 0.15) is 5.56 Å².